The third kappa shape index (κ3) is 0.955. The molecule has 52 valence electrons. The number of ketones is 1. The lowest BCUT2D eigenvalue weighted by Gasteiger charge is -2.36. The van der Waals surface area contributed by atoms with E-state index < -0.39 is 4.33 Å². The van der Waals surface area contributed by atoms with Crippen molar-refractivity contribution >= 4 is 29.0 Å². The number of carbonyl (C=O) groups excluding carboxylic acids is 1. The first-order chi connectivity index (χ1) is 4.09. The third-order valence-corrected chi connectivity index (χ3v) is 2.34. The van der Waals surface area contributed by atoms with Crippen LogP contribution in [0, 0.1) is 0 Å². The van der Waals surface area contributed by atoms with Crippen molar-refractivity contribution in [2.75, 3.05) is 7.11 Å². The lowest BCUT2D eigenvalue weighted by atomic mass is 9.93. The van der Waals surface area contributed by atoms with E-state index in [1.54, 1.807) is 0 Å². The van der Waals surface area contributed by atoms with E-state index in [-0.39, 0.29) is 11.9 Å². The van der Waals surface area contributed by atoms with Crippen molar-refractivity contribution in [3.63, 3.8) is 0 Å². The molecule has 1 aliphatic rings. The molecular weight excluding hydrogens is 163 g/mol. The molecule has 0 heterocycles. The molecule has 0 bridgehead atoms. The van der Waals surface area contributed by atoms with Gasteiger partial charge in [0.1, 0.15) is 6.10 Å². The first-order valence-corrected chi connectivity index (χ1v) is 3.28. The van der Waals surface area contributed by atoms with Gasteiger partial charge in [-0.25, -0.2) is 0 Å². The van der Waals surface area contributed by atoms with Crippen molar-refractivity contribution in [3.05, 3.63) is 0 Å². The van der Waals surface area contributed by atoms with E-state index in [0.29, 0.717) is 6.42 Å². The molecule has 1 fully saturated rings. The van der Waals surface area contributed by atoms with Gasteiger partial charge in [0.2, 0.25) is 4.33 Å². The number of halogens is 2. The predicted octanol–water partition coefficient (Wildman–Crippen LogP) is 1.15. The number of methoxy groups -OCH3 is 1. The summed E-state index contributed by atoms with van der Waals surface area (Å²) in [6.07, 6.45) is 0.0251. The van der Waals surface area contributed by atoms with E-state index in [1.165, 1.54) is 7.11 Å². The van der Waals surface area contributed by atoms with Crippen LogP contribution >= 0.6 is 23.2 Å². The topological polar surface area (TPSA) is 26.3 Å². The minimum Gasteiger partial charge on any atom is -0.377 e. The largest absolute Gasteiger partial charge is 0.377 e. The van der Waals surface area contributed by atoms with Gasteiger partial charge in [-0.15, -0.1) is 0 Å². The molecule has 0 N–H and O–H groups in total. The molecule has 1 unspecified atom stereocenters. The lowest BCUT2D eigenvalue weighted by Crippen LogP contribution is -2.52. The van der Waals surface area contributed by atoms with Crippen molar-refractivity contribution in [2.45, 2.75) is 16.9 Å². The number of alkyl halides is 2. The SMILES string of the molecule is COC1CC(=O)C1(Cl)Cl. The van der Waals surface area contributed by atoms with Crippen LogP contribution in [-0.4, -0.2) is 23.3 Å². The number of rotatable bonds is 1. The summed E-state index contributed by atoms with van der Waals surface area (Å²) in [7, 11) is 1.48. The molecule has 1 saturated carbocycles. The zero-order valence-electron chi connectivity index (χ0n) is 4.86. The Morgan fingerprint density at radius 2 is 2.33 bits per heavy atom. The molecule has 0 aromatic heterocycles. The molecule has 1 atom stereocenters. The molecular formula is C5H6Cl2O2. The Kier molecular flexibility index (Phi) is 1.72. The highest BCUT2D eigenvalue weighted by atomic mass is 35.5. The van der Waals surface area contributed by atoms with E-state index in [9.17, 15) is 4.79 Å². The van der Waals surface area contributed by atoms with Gasteiger partial charge < -0.3 is 4.74 Å². The number of hydrogen-bond donors (Lipinski definition) is 0. The van der Waals surface area contributed by atoms with Crippen LogP contribution in [0.1, 0.15) is 6.42 Å². The number of ether oxygens (including phenoxy) is 1. The molecule has 0 radical (unpaired) electrons. The summed E-state index contributed by atoms with van der Waals surface area (Å²) in [5.41, 5.74) is 0. The maximum Gasteiger partial charge on any atom is 0.202 e. The highest BCUT2D eigenvalue weighted by molar-refractivity contribution is 6.60. The average Bonchev–Trinajstić information content (AvgIpc) is 1.82. The molecule has 2 nitrogen and oxygen atoms in total. The standard InChI is InChI=1S/C5H6Cl2O2/c1-9-4-2-3(8)5(4,6)7/h4H,2H2,1H3. The fourth-order valence-corrected chi connectivity index (χ4v) is 1.20. The average molecular weight is 169 g/mol. The van der Waals surface area contributed by atoms with Crippen LogP contribution in [0.3, 0.4) is 0 Å². The highest BCUT2D eigenvalue weighted by Gasteiger charge is 2.53. The van der Waals surface area contributed by atoms with Crippen molar-refractivity contribution in [1.29, 1.82) is 0 Å². The van der Waals surface area contributed by atoms with Gasteiger partial charge in [-0.1, -0.05) is 23.2 Å². The van der Waals surface area contributed by atoms with Gasteiger partial charge in [0.15, 0.2) is 5.78 Å². The van der Waals surface area contributed by atoms with Crippen LogP contribution in [-0.2, 0) is 9.53 Å². The van der Waals surface area contributed by atoms with Gasteiger partial charge in [0.25, 0.3) is 0 Å². The van der Waals surface area contributed by atoms with Gasteiger partial charge in [0.05, 0.1) is 0 Å². The first-order valence-electron chi connectivity index (χ1n) is 2.53. The number of hydrogen-bond acceptors (Lipinski definition) is 2. The Labute approximate surface area is 63.1 Å². The first kappa shape index (κ1) is 7.32. The molecule has 1 aliphatic carbocycles. The summed E-state index contributed by atoms with van der Waals surface area (Å²) in [4.78, 5) is 10.6. The third-order valence-electron chi connectivity index (χ3n) is 1.43. The summed E-state index contributed by atoms with van der Waals surface area (Å²) in [6.45, 7) is 0. The van der Waals surface area contributed by atoms with Crippen LogP contribution in [0.15, 0.2) is 0 Å². The molecule has 9 heavy (non-hydrogen) atoms. The maximum absolute atomic E-state index is 10.6. The summed E-state index contributed by atoms with van der Waals surface area (Å²) >= 11 is 11.0. The van der Waals surface area contributed by atoms with Gasteiger partial charge >= 0.3 is 0 Å². The molecule has 1 rings (SSSR count). The highest BCUT2D eigenvalue weighted by Crippen LogP contribution is 2.40. The van der Waals surface area contributed by atoms with Crippen molar-refractivity contribution in [3.8, 4) is 0 Å². The van der Waals surface area contributed by atoms with Gasteiger partial charge in [-0.05, 0) is 0 Å². The smallest absolute Gasteiger partial charge is 0.202 e. The van der Waals surface area contributed by atoms with Crippen molar-refractivity contribution < 1.29 is 9.53 Å². The summed E-state index contributed by atoms with van der Waals surface area (Å²) in [5.74, 6) is -0.155. The summed E-state index contributed by atoms with van der Waals surface area (Å²) in [6, 6.07) is 0. The Bertz CT molecular complexity index is 144. The predicted molar refractivity (Wildman–Crippen MR) is 34.9 cm³/mol. The molecule has 4 heteroatoms. The molecule has 0 spiro atoms. The molecule has 0 amide bonds. The fraction of sp³-hybridized carbons (Fsp3) is 0.800. The lowest BCUT2D eigenvalue weighted by molar-refractivity contribution is -0.134. The molecule has 0 aliphatic heterocycles. The van der Waals surface area contributed by atoms with Crippen LogP contribution in [0.2, 0.25) is 0 Å². The summed E-state index contributed by atoms with van der Waals surface area (Å²) < 4.78 is 3.52. The Balaban J connectivity index is 2.58. The van der Waals surface area contributed by atoms with E-state index in [2.05, 4.69) is 0 Å². The van der Waals surface area contributed by atoms with E-state index in [0.717, 1.165) is 0 Å². The zero-order valence-corrected chi connectivity index (χ0v) is 6.37. The van der Waals surface area contributed by atoms with Gasteiger partial charge in [-0.2, -0.15) is 0 Å². The Morgan fingerprint density at radius 3 is 2.44 bits per heavy atom. The monoisotopic (exact) mass is 168 g/mol. The number of carbonyl (C=O) groups is 1. The zero-order chi connectivity index (χ0) is 7.07. The van der Waals surface area contributed by atoms with Crippen LogP contribution in [0.5, 0.6) is 0 Å². The minimum absolute atomic E-state index is 0.155. The van der Waals surface area contributed by atoms with Crippen LogP contribution < -0.4 is 0 Å². The second kappa shape index (κ2) is 2.11. The second-order valence-electron chi connectivity index (χ2n) is 1.97. The Hall–Kier alpha value is 0.210. The normalized spacial score (nSPS) is 31.9. The van der Waals surface area contributed by atoms with E-state index in [4.69, 9.17) is 27.9 Å². The Morgan fingerprint density at radius 1 is 1.78 bits per heavy atom. The van der Waals surface area contributed by atoms with Gasteiger partial charge in [-0.3, -0.25) is 4.79 Å². The number of Topliss-reactive ketones (excluding diaryl/α,β-unsaturated/α-hetero) is 1. The maximum atomic E-state index is 10.6. The van der Waals surface area contributed by atoms with Crippen LogP contribution in [0.4, 0.5) is 0 Å². The van der Waals surface area contributed by atoms with E-state index >= 15 is 0 Å². The van der Waals surface area contributed by atoms with Crippen LogP contribution in [0.25, 0.3) is 0 Å². The van der Waals surface area contributed by atoms with Gasteiger partial charge in [0, 0.05) is 13.5 Å². The second-order valence-corrected chi connectivity index (χ2v) is 3.36. The quantitative estimate of drug-likeness (QED) is 0.550. The van der Waals surface area contributed by atoms with Crippen molar-refractivity contribution in [1.82, 2.24) is 0 Å². The molecule has 0 aromatic carbocycles. The minimum atomic E-state index is -1.27. The molecule has 0 saturated heterocycles. The molecule has 0 aromatic rings. The van der Waals surface area contributed by atoms with E-state index in [1.807, 2.05) is 0 Å². The summed E-state index contributed by atoms with van der Waals surface area (Å²) in [5, 5.41) is 0. The van der Waals surface area contributed by atoms with Crippen molar-refractivity contribution in [2.24, 2.45) is 0 Å². The fourth-order valence-electron chi connectivity index (χ4n) is 0.712.